The van der Waals surface area contributed by atoms with Crippen LogP contribution in [0.5, 0.6) is 11.5 Å². The maximum absolute atomic E-state index is 11.5. The smallest absolute Gasteiger partial charge is 0.305 e. The Morgan fingerprint density at radius 1 is 1.05 bits per heavy atom. The molecule has 2 aromatic carbocycles. The summed E-state index contributed by atoms with van der Waals surface area (Å²) >= 11 is 1.28. The SMILES string of the molecule is Br.Br.CCCN(CCCCCCNCCc1ccc2[nH]c(=O)sc2c1)[C@H]1CCc2c(ccc(O)c2O)C1. The summed E-state index contributed by atoms with van der Waals surface area (Å²) in [7, 11) is 0. The fourth-order valence-corrected chi connectivity index (χ4v) is 6.10. The Kier molecular flexibility index (Phi) is 13.7. The molecule has 0 saturated heterocycles. The number of phenols is 2. The van der Waals surface area contributed by atoms with Crippen LogP contribution < -0.4 is 10.2 Å². The van der Waals surface area contributed by atoms with Crippen molar-refractivity contribution in [3.63, 3.8) is 0 Å². The number of fused-ring (bicyclic) bond motifs is 2. The second kappa shape index (κ2) is 15.9. The molecule has 9 heteroatoms. The molecule has 6 nitrogen and oxygen atoms in total. The first-order valence-corrected chi connectivity index (χ1v) is 14.0. The number of aromatic nitrogens is 1. The van der Waals surface area contributed by atoms with Gasteiger partial charge in [0.1, 0.15) is 0 Å². The summed E-state index contributed by atoms with van der Waals surface area (Å²) in [6.07, 6.45) is 9.91. The number of phenolic OH excluding ortho intramolecular Hbond substituents is 2. The van der Waals surface area contributed by atoms with E-state index < -0.39 is 0 Å². The second-order valence-electron chi connectivity index (χ2n) is 9.76. The second-order valence-corrected chi connectivity index (χ2v) is 10.8. The van der Waals surface area contributed by atoms with E-state index in [-0.39, 0.29) is 50.3 Å². The van der Waals surface area contributed by atoms with E-state index in [0.29, 0.717) is 6.04 Å². The Morgan fingerprint density at radius 2 is 1.86 bits per heavy atom. The molecule has 1 aliphatic carbocycles. The molecule has 1 heterocycles. The van der Waals surface area contributed by atoms with Gasteiger partial charge in [-0.2, -0.15) is 0 Å². The summed E-state index contributed by atoms with van der Waals surface area (Å²) in [6, 6.07) is 10.4. The molecule has 0 aliphatic heterocycles. The summed E-state index contributed by atoms with van der Waals surface area (Å²) < 4.78 is 1.04. The largest absolute Gasteiger partial charge is 0.504 e. The van der Waals surface area contributed by atoms with E-state index in [9.17, 15) is 15.0 Å². The number of aromatic hydroxyl groups is 2. The van der Waals surface area contributed by atoms with Gasteiger partial charge in [0.2, 0.25) is 0 Å². The zero-order valence-corrected chi connectivity index (χ0v) is 25.9. The lowest BCUT2D eigenvalue weighted by Gasteiger charge is -2.35. The lowest BCUT2D eigenvalue weighted by atomic mass is 9.86. The van der Waals surface area contributed by atoms with E-state index in [1.54, 1.807) is 6.07 Å². The number of nitrogens with one attached hydrogen (secondary N) is 2. The Balaban J connectivity index is 0.00000241. The van der Waals surface area contributed by atoms with Gasteiger partial charge < -0.3 is 25.4 Å². The van der Waals surface area contributed by atoms with Crippen LogP contribution in [0.4, 0.5) is 0 Å². The van der Waals surface area contributed by atoms with Crippen molar-refractivity contribution in [2.24, 2.45) is 0 Å². The van der Waals surface area contributed by atoms with Crippen molar-refractivity contribution < 1.29 is 10.2 Å². The Bertz CT molecular complexity index is 1170. The fraction of sp³-hybridized carbons (Fsp3) is 0.536. The molecular formula is C28H41Br2N3O3S. The molecule has 0 radical (unpaired) electrons. The first-order valence-electron chi connectivity index (χ1n) is 13.1. The normalized spacial score (nSPS) is 14.8. The minimum absolute atomic E-state index is 0. The highest BCUT2D eigenvalue weighted by molar-refractivity contribution is 8.93. The van der Waals surface area contributed by atoms with Crippen molar-refractivity contribution in [1.29, 1.82) is 0 Å². The Hall–Kier alpha value is -1.39. The quantitative estimate of drug-likeness (QED) is 0.131. The number of rotatable bonds is 13. The zero-order valence-electron chi connectivity index (χ0n) is 21.6. The lowest BCUT2D eigenvalue weighted by Crippen LogP contribution is -2.40. The molecule has 0 saturated carbocycles. The number of hydrogen-bond acceptors (Lipinski definition) is 6. The maximum Gasteiger partial charge on any atom is 0.305 e. The minimum Gasteiger partial charge on any atom is -0.504 e. The van der Waals surface area contributed by atoms with E-state index >= 15 is 0 Å². The van der Waals surface area contributed by atoms with E-state index in [1.165, 1.54) is 48.1 Å². The highest BCUT2D eigenvalue weighted by Gasteiger charge is 2.26. The van der Waals surface area contributed by atoms with Crippen molar-refractivity contribution in [2.45, 2.75) is 70.8 Å². The minimum atomic E-state index is -0.000301. The van der Waals surface area contributed by atoms with Crippen LogP contribution in [0.1, 0.15) is 62.1 Å². The molecule has 206 valence electrons. The van der Waals surface area contributed by atoms with Crippen LogP contribution in [-0.4, -0.2) is 52.3 Å². The monoisotopic (exact) mass is 657 g/mol. The average molecular weight is 660 g/mol. The number of thiazole rings is 1. The summed E-state index contributed by atoms with van der Waals surface area (Å²) in [5.74, 6) is 0.0799. The Morgan fingerprint density at radius 3 is 2.68 bits per heavy atom. The third kappa shape index (κ3) is 8.82. The molecular weight excluding hydrogens is 618 g/mol. The molecule has 0 amide bonds. The van der Waals surface area contributed by atoms with Crippen molar-refractivity contribution in [1.82, 2.24) is 15.2 Å². The molecule has 0 unspecified atom stereocenters. The number of unbranched alkanes of at least 4 members (excludes halogenated alkanes) is 3. The standard InChI is InChI=1S/C28H39N3O3S.2BrH/c1-2-16-31(22-9-10-23-21(19-22)8-12-25(32)27(23)33)17-6-4-3-5-14-29-15-13-20-7-11-24-26(18-20)35-28(34)30-24;;/h7-8,11-12,18,22,29,32-33H,2-6,9-10,13-17,19H2,1H3,(H,30,34);2*1H/t22-;;/m0../s1. The van der Waals surface area contributed by atoms with Gasteiger partial charge in [-0.25, -0.2) is 0 Å². The van der Waals surface area contributed by atoms with Gasteiger partial charge in [0.25, 0.3) is 0 Å². The predicted molar refractivity (Wildman–Crippen MR) is 166 cm³/mol. The molecule has 3 aromatic rings. The van der Waals surface area contributed by atoms with E-state index in [4.69, 9.17) is 0 Å². The molecule has 4 rings (SSSR count). The van der Waals surface area contributed by atoms with Crippen LogP contribution in [0.2, 0.25) is 0 Å². The average Bonchev–Trinajstić information content (AvgIpc) is 3.23. The summed E-state index contributed by atoms with van der Waals surface area (Å²) in [5, 5.41) is 23.5. The third-order valence-corrected chi connectivity index (χ3v) is 8.04. The summed E-state index contributed by atoms with van der Waals surface area (Å²) in [6.45, 7) is 6.52. The highest BCUT2D eigenvalue weighted by atomic mass is 79.9. The molecule has 1 aromatic heterocycles. The number of benzene rings is 2. The summed E-state index contributed by atoms with van der Waals surface area (Å²) in [4.78, 5) is 17.0. The predicted octanol–water partition coefficient (Wildman–Crippen LogP) is 6.12. The number of hydrogen-bond donors (Lipinski definition) is 4. The zero-order chi connectivity index (χ0) is 24.6. The van der Waals surface area contributed by atoms with Crippen LogP contribution in [0.3, 0.4) is 0 Å². The van der Waals surface area contributed by atoms with Gasteiger partial charge in [-0.3, -0.25) is 4.79 Å². The molecule has 1 aliphatic rings. The molecule has 37 heavy (non-hydrogen) atoms. The van der Waals surface area contributed by atoms with Gasteiger partial charge in [-0.1, -0.05) is 43.2 Å². The van der Waals surface area contributed by atoms with Crippen molar-refractivity contribution in [2.75, 3.05) is 26.2 Å². The van der Waals surface area contributed by atoms with Gasteiger partial charge in [0.05, 0.1) is 10.2 Å². The third-order valence-electron chi connectivity index (χ3n) is 7.19. The van der Waals surface area contributed by atoms with Crippen LogP contribution in [0.25, 0.3) is 10.2 Å². The number of halogens is 2. The molecule has 1 atom stereocenters. The maximum atomic E-state index is 11.5. The molecule has 0 bridgehead atoms. The summed E-state index contributed by atoms with van der Waals surface area (Å²) in [5.41, 5.74) is 4.33. The van der Waals surface area contributed by atoms with Crippen LogP contribution in [-0.2, 0) is 19.3 Å². The van der Waals surface area contributed by atoms with Crippen molar-refractivity contribution >= 4 is 55.5 Å². The first kappa shape index (κ1) is 31.8. The molecule has 4 N–H and O–H groups in total. The van der Waals surface area contributed by atoms with Gasteiger partial charge in [-0.15, -0.1) is 34.0 Å². The van der Waals surface area contributed by atoms with Crippen LogP contribution >= 0.6 is 45.3 Å². The topological polar surface area (TPSA) is 88.6 Å². The fourth-order valence-electron chi connectivity index (χ4n) is 5.30. The lowest BCUT2D eigenvalue weighted by molar-refractivity contribution is 0.175. The van der Waals surface area contributed by atoms with E-state index in [1.807, 2.05) is 12.1 Å². The Labute approximate surface area is 245 Å². The van der Waals surface area contributed by atoms with Gasteiger partial charge in [0, 0.05) is 11.6 Å². The highest BCUT2D eigenvalue weighted by Crippen LogP contribution is 2.36. The van der Waals surface area contributed by atoms with Crippen molar-refractivity contribution in [3.05, 3.63) is 56.7 Å². The first-order chi connectivity index (χ1) is 17.0. The molecule has 0 fully saturated rings. The van der Waals surface area contributed by atoms with E-state index in [0.717, 1.165) is 74.1 Å². The van der Waals surface area contributed by atoms with Crippen molar-refractivity contribution in [3.8, 4) is 11.5 Å². The van der Waals surface area contributed by atoms with Gasteiger partial charge in [0.15, 0.2) is 11.5 Å². The molecule has 0 spiro atoms. The number of aromatic amines is 1. The number of nitrogens with zero attached hydrogens (tertiary/aromatic N) is 1. The number of H-pyrrole nitrogens is 1. The van der Waals surface area contributed by atoms with E-state index in [2.05, 4.69) is 34.3 Å². The van der Waals surface area contributed by atoms with Gasteiger partial charge >= 0.3 is 4.87 Å². The van der Waals surface area contributed by atoms with Crippen LogP contribution in [0, 0.1) is 0 Å². The van der Waals surface area contributed by atoms with Gasteiger partial charge in [-0.05, 0) is 100 Å². The van der Waals surface area contributed by atoms with Crippen LogP contribution in [0.15, 0.2) is 35.1 Å².